The molecule has 9 heteroatoms. The molecule has 2 saturated carbocycles. The maximum Gasteiger partial charge on any atom is 0.321 e. The summed E-state index contributed by atoms with van der Waals surface area (Å²) in [4.78, 5) is 49.0. The molecule has 0 unspecified atom stereocenters. The van der Waals surface area contributed by atoms with E-state index in [1.807, 2.05) is 0 Å². The summed E-state index contributed by atoms with van der Waals surface area (Å²) in [5.41, 5.74) is 1.71. The Morgan fingerprint density at radius 2 is 1.79 bits per heavy atom. The van der Waals surface area contributed by atoms with E-state index in [1.54, 1.807) is 17.0 Å². The second-order valence-electron chi connectivity index (χ2n) is 11.6. The molecule has 1 aromatic carbocycles. The summed E-state index contributed by atoms with van der Waals surface area (Å²) < 4.78 is 0. The van der Waals surface area contributed by atoms with Gasteiger partial charge in [0, 0.05) is 37.6 Å². The van der Waals surface area contributed by atoms with Gasteiger partial charge in [0.1, 0.15) is 12.2 Å². The summed E-state index contributed by atoms with van der Waals surface area (Å²) in [5.74, 6) is -0.0500. The van der Waals surface area contributed by atoms with Crippen LogP contribution in [0.15, 0.2) is 48.7 Å². The fraction of sp³-hybridized carbons (Fsp3) is 0.533. The zero-order valence-corrected chi connectivity index (χ0v) is 23.3. The van der Waals surface area contributed by atoms with Gasteiger partial charge < -0.3 is 20.4 Å². The molecule has 2 aliphatic carbocycles. The predicted molar refractivity (Wildman–Crippen MR) is 150 cm³/mol. The summed E-state index contributed by atoms with van der Waals surface area (Å²) in [5, 5.41) is 5.39. The second kappa shape index (κ2) is 11.0. The van der Waals surface area contributed by atoms with Crippen LogP contribution in [0.2, 0.25) is 0 Å². The molecule has 0 bridgehead atoms. The van der Waals surface area contributed by atoms with Crippen molar-refractivity contribution in [2.24, 2.45) is 5.92 Å². The lowest BCUT2D eigenvalue weighted by molar-refractivity contribution is -0.116. The van der Waals surface area contributed by atoms with Gasteiger partial charge in [-0.3, -0.25) is 19.5 Å². The number of nitrogens with one attached hydrogen (secondary N) is 2. The number of anilines is 1. The van der Waals surface area contributed by atoms with Crippen molar-refractivity contribution in [2.45, 2.75) is 56.0 Å². The molecule has 1 saturated heterocycles. The Labute approximate surface area is 230 Å². The first kappa shape index (κ1) is 27.1. The number of carbonyl (C=O) groups is 3. The van der Waals surface area contributed by atoms with Gasteiger partial charge in [-0.1, -0.05) is 36.8 Å². The lowest BCUT2D eigenvalue weighted by Crippen LogP contribution is -2.56. The molecule has 5 rings (SSSR count). The topological polar surface area (TPSA) is 97.9 Å². The van der Waals surface area contributed by atoms with Gasteiger partial charge in [0.25, 0.3) is 5.91 Å². The smallest absolute Gasteiger partial charge is 0.321 e. The Morgan fingerprint density at radius 3 is 2.41 bits per heavy atom. The minimum Gasteiger partial charge on any atom is -0.354 e. The number of pyridine rings is 1. The third kappa shape index (κ3) is 5.24. The van der Waals surface area contributed by atoms with Crippen molar-refractivity contribution >= 4 is 23.5 Å². The lowest BCUT2D eigenvalue weighted by atomic mass is 9.68. The van der Waals surface area contributed by atoms with E-state index in [9.17, 15) is 14.4 Å². The van der Waals surface area contributed by atoms with E-state index in [-0.39, 0.29) is 41.2 Å². The molecule has 0 atom stereocenters. The van der Waals surface area contributed by atoms with Crippen molar-refractivity contribution in [3.63, 3.8) is 0 Å². The molecular formula is C30H40N6O3. The van der Waals surface area contributed by atoms with Crippen LogP contribution in [0, 0.1) is 5.92 Å². The Morgan fingerprint density at radius 1 is 1.08 bits per heavy atom. The fourth-order valence-electron chi connectivity index (χ4n) is 6.64. The number of rotatable bonds is 8. The van der Waals surface area contributed by atoms with Crippen LogP contribution in [0.5, 0.6) is 0 Å². The molecule has 2 aromatic rings. The summed E-state index contributed by atoms with van der Waals surface area (Å²) in [6.45, 7) is 1.32. The third-order valence-corrected chi connectivity index (χ3v) is 9.24. The highest BCUT2D eigenvalue weighted by molar-refractivity contribution is 5.97. The van der Waals surface area contributed by atoms with Gasteiger partial charge in [0.15, 0.2) is 0 Å². The number of nitrogens with zero attached hydrogens (tertiary/aromatic N) is 4. The average Bonchev–Trinajstić information content (AvgIpc) is 3.16. The maximum atomic E-state index is 13.8. The average molecular weight is 533 g/mol. The Bertz CT molecular complexity index is 1200. The first-order chi connectivity index (χ1) is 18.8. The molecular weight excluding hydrogens is 492 g/mol. The summed E-state index contributed by atoms with van der Waals surface area (Å²) in [6.07, 6.45) is 8.77. The lowest BCUT2D eigenvalue weighted by Gasteiger charge is -2.51. The monoisotopic (exact) mass is 532 g/mol. The van der Waals surface area contributed by atoms with Crippen molar-refractivity contribution in [1.29, 1.82) is 0 Å². The number of hydrogen-bond acceptors (Lipinski definition) is 5. The van der Waals surface area contributed by atoms with Crippen molar-refractivity contribution in [2.75, 3.05) is 46.1 Å². The Kier molecular flexibility index (Phi) is 7.62. The van der Waals surface area contributed by atoms with Crippen LogP contribution in [0.3, 0.4) is 0 Å². The number of hydrogen-bond donors (Lipinski definition) is 2. The van der Waals surface area contributed by atoms with E-state index in [0.717, 1.165) is 32.2 Å². The zero-order valence-electron chi connectivity index (χ0n) is 23.3. The van der Waals surface area contributed by atoms with Gasteiger partial charge in [0.05, 0.1) is 5.54 Å². The summed E-state index contributed by atoms with van der Waals surface area (Å²) in [7, 11) is 5.84. The van der Waals surface area contributed by atoms with Crippen LogP contribution < -0.4 is 10.6 Å². The van der Waals surface area contributed by atoms with Crippen LogP contribution in [-0.4, -0.2) is 83.8 Å². The fourth-order valence-corrected chi connectivity index (χ4v) is 6.64. The van der Waals surface area contributed by atoms with E-state index in [2.05, 4.69) is 69.8 Å². The molecule has 208 valence electrons. The number of amides is 4. The van der Waals surface area contributed by atoms with Crippen LogP contribution >= 0.6 is 0 Å². The third-order valence-electron chi connectivity index (χ3n) is 9.24. The molecule has 3 aliphatic rings. The largest absolute Gasteiger partial charge is 0.354 e. The highest BCUT2D eigenvalue weighted by atomic mass is 16.2. The van der Waals surface area contributed by atoms with E-state index in [4.69, 9.17) is 0 Å². The molecule has 1 aliphatic heterocycles. The van der Waals surface area contributed by atoms with Crippen molar-refractivity contribution < 1.29 is 14.4 Å². The number of urea groups is 1. The quantitative estimate of drug-likeness (QED) is 0.541. The molecule has 1 aromatic heterocycles. The van der Waals surface area contributed by atoms with Crippen molar-refractivity contribution in [1.82, 2.24) is 25.0 Å². The van der Waals surface area contributed by atoms with Gasteiger partial charge in [-0.15, -0.1) is 0 Å². The van der Waals surface area contributed by atoms with E-state index >= 15 is 0 Å². The van der Waals surface area contributed by atoms with E-state index in [0.29, 0.717) is 18.2 Å². The highest BCUT2D eigenvalue weighted by Gasteiger charge is 2.55. The Balaban J connectivity index is 1.32. The molecule has 2 heterocycles. The first-order valence-electron chi connectivity index (χ1n) is 14.0. The number of benzene rings is 1. The van der Waals surface area contributed by atoms with Gasteiger partial charge in [-0.2, -0.15) is 0 Å². The van der Waals surface area contributed by atoms with Gasteiger partial charge in [0.2, 0.25) is 5.91 Å². The van der Waals surface area contributed by atoms with Gasteiger partial charge >= 0.3 is 6.03 Å². The van der Waals surface area contributed by atoms with Crippen LogP contribution in [0.4, 0.5) is 10.5 Å². The SMILES string of the molecule is CNC(=O)c1cc(NC(=O)CN2CC3(CCC(c4ccccc4)(N(C)C)CC3)N(CC3CCC3)C2=O)ccn1. The molecule has 39 heavy (non-hydrogen) atoms. The summed E-state index contributed by atoms with van der Waals surface area (Å²) >= 11 is 0. The van der Waals surface area contributed by atoms with Crippen LogP contribution in [0.1, 0.15) is 61.0 Å². The summed E-state index contributed by atoms with van der Waals surface area (Å²) in [6, 6.07) is 13.9. The minimum absolute atomic E-state index is 0.0170. The van der Waals surface area contributed by atoms with Crippen LogP contribution in [0.25, 0.3) is 0 Å². The first-order valence-corrected chi connectivity index (χ1v) is 14.0. The minimum atomic E-state index is -0.323. The second-order valence-corrected chi connectivity index (χ2v) is 11.6. The van der Waals surface area contributed by atoms with E-state index < -0.39 is 0 Å². The molecule has 0 radical (unpaired) electrons. The molecule has 3 fully saturated rings. The number of aromatic nitrogens is 1. The standard InChI is InChI=1S/C30H40N6O3/c1-31-27(38)25-18-24(12-17-32-25)33-26(37)20-35-21-29(36(28(35)39)19-22-8-7-9-22)13-15-30(16-14-29,34(2)3)23-10-5-4-6-11-23/h4-6,10-12,17-18,22H,7-9,13-16,19-21H2,1-3H3,(H,31,38)(H,32,33,37). The van der Waals surface area contributed by atoms with Crippen molar-refractivity contribution in [3.8, 4) is 0 Å². The predicted octanol–water partition coefficient (Wildman–Crippen LogP) is 3.69. The van der Waals surface area contributed by atoms with E-state index in [1.165, 1.54) is 38.1 Å². The maximum absolute atomic E-state index is 13.8. The van der Waals surface area contributed by atoms with Gasteiger partial charge in [-0.25, -0.2) is 4.79 Å². The molecule has 1 spiro atoms. The molecule has 2 N–H and O–H groups in total. The van der Waals surface area contributed by atoms with Gasteiger partial charge in [-0.05, 0) is 76.2 Å². The number of carbonyl (C=O) groups excluding carboxylic acids is 3. The van der Waals surface area contributed by atoms with Crippen LogP contribution in [-0.2, 0) is 10.3 Å². The highest BCUT2D eigenvalue weighted by Crippen LogP contribution is 2.49. The molecule has 4 amide bonds. The molecule has 9 nitrogen and oxygen atoms in total. The Hall–Kier alpha value is -3.46. The van der Waals surface area contributed by atoms with Crippen molar-refractivity contribution in [3.05, 3.63) is 59.9 Å². The normalized spacial score (nSPS) is 25.2. The zero-order chi connectivity index (χ0) is 27.6.